The topological polar surface area (TPSA) is 30.0 Å². The van der Waals surface area contributed by atoms with E-state index in [1.807, 2.05) is 6.07 Å². The maximum absolute atomic E-state index is 11.2. The molecule has 1 heterocycles. The molecule has 0 atom stereocenters. The quantitative estimate of drug-likeness (QED) is 0.734. The van der Waals surface area contributed by atoms with Gasteiger partial charge in [-0.15, -0.1) is 0 Å². The molecular formula is C14H11Cl2NO. The Labute approximate surface area is 115 Å². The number of halogens is 2. The molecule has 0 saturated heterocycles. The fourth-order valence-electron chi connectivity index (χ4n) is 2.49. The van der Waals surface area contributed by atoms with E-state index in [4.69, 9.17) is 23.2 Å². The molecule has 0 amide bonds. The predicted octanol–water partition coefficient (Wildman–Crippen LogP) is 4.15. The minimum Gasteiger partial charge on any atom is -0.276 e. The Morgan fingerprint density at radius 3 is 2.78 bits per heavy atom. The minimum absolute atomic E-state index is 0.462. The number of pyridine rings is 1. The molecule has 1 aliphatic rings. The van der Waals surface area contributed by atoms with E-state index in [1.165, 1.54) is 5.56 Å². The molecular weight excluding hydrogens is 269 g/mol. The van der Waals surface area contributed by atoms with E-state index in [0.717, 1.165) is 47.3 Å². The summed E-state index contributed by atoms with van der Waals surface area (Å²) in [5.74, 6) is 0. The van der Waals surface area contributed by atoms with Gasteiger partial charge in [0.15, 0.2) is 0 Å². The van der Waals surface area contributed by atoms with Crippen LogP contribution in [-0.4, -0.2) is 10.2 Å². The Balaban J connectivity index is 2.28. The summed E-state index contributed by atoms with van der Waals surface area (Å²) in [7, 11) is 0. The predicted molar refractivity (Wildman–Crippen MR) is 73.6 cm³/mol. The highest BCUT2D eigenvalue weighted by Gasteiger charge is 2.17. The molecule has 0 unspecified atom stereocenters. The van der Waals surface area contributed by atoms with Crippen LogP contribution < -0.4 is 0 Å². The van der Waals surface area contributed by atoms with Crippen LogP contribution in [0.5, 0.6) is 0 Å². The van der Waals surface area contributed by atoms with Crippen LogP contribution in [0.4, 0.5) is 0 Å². The highest BCUT2D eigenvalue weighted by Crippen LogP contribution is 2.33. The van der Waals surface area contributed by atoms with Gasteiger partial charge < -0.3 is 0 Å². The van der Waals surface area contributed by atoms with Gasteiger partial charge in [0.05, 0.1) is 10.5 Å². The summed E-state index contributed by atoms with van der Waals surface area (Å²) in [6.45, 7) is 0. The van der Waals surface area contributed by atoms with Gasteiger partial charge in [0, 0.05) is 16.6 Å². The smallest absolute Gasteiger partial charge is 0.252 e. The average Bonchev–Trinajstić information content (AvgIpc) is 2.38. The van der Waals surface area contributed by atoms with Crippen LogP contribution in [0.25, 0.3) is 10.9 Å². The van der Waals surface area contributed by atoms with Gasteiger partial charge in [-0.25, -0.2) is 0 Å². The first-order valence-corrected chi connectivity index (χ1v) is 6.73. The monoisotopic (exact) mass is 279 g/mol. The third kappa shape index (κ3) is 1.90. The molecule has 1 aliphatic carbocycles. The summed E-state index contributed by atoms with van der Waals surface area (Å²) >= 11 is 11.9. The lowest BCUT2D eigenvalue weighted by molar-refractivity contribution is 0.108. The number of benzene rings is 1. The number of hydrogen-bond donors (Lipinski definition) is 0. The summed E-state index contributed by atoms with van der Waals surface area (Å²) in [6, 6.07) is 5.24. The summed E-state index contributed by atoms with van der Waals surface area (Å²) in [5, 5.41) is 1.22. The molecule has 0 N–H and O–H groups in total. The zero-order chi connectivity index (χ0) is 12.7. The number of aryl methyl sites for hydroxylation is 1. The summed E-state index contributed by atoms with van der Waals surface area (Å²) in [6.07, 6.45) is 4.27. The van der Waals surface area contributed by atoms with Crippen molar-refractivity contribution in [3.8, 4) is 0 Å². The second kappa shape index (κ2) is 4.52. The Morgan fingerprint density at radius 1 is 1.22 bits per heavy atom. The van der Waals surface area contributed by atoms with Crippen LogP contribution in [0.2, 0.25) is 5.02 Å². The number of hydrogen-bond acceptors (Lipinski definition) is 2. The fraction of sp³-hybridized carbons (Fsp3) is 0.286. The molecule has 1 aromatic heterocycles. The second-order valence-corrected chi connectivity index (χ2v) is 5.29. The number of aromatic nitrogens is 1. The van der Waals surface area contributed by atoms with Crippen LogP contribution in [-0.2, 0) is 12.8 Å². The lowest BCUT2D eigenvalue weighted by Crippen LogP contribution is -2.06. The molecule has 2 nitrogen and oxygen atoms in total. The number of carbonyl (C=O) groups excluding carboxylic acids is 1. The van der Waals surface area contributed by atoms with Gasteiger partial charge in [-0.1, -0.05) is 17.7 Å². The normalized spacial score (nSPS) is 14.6. The van der Waals surface area contributed by atoms with Crippen molar-refractivity contribution in [2.45, 2.75) is 25.7 Å². The van der Waals surface area contributed by atoms with E-state index in [-0.39, 0.29) is 0 Å². The fourth-order valence-corrected chi connectivity index (χ4v) is 2.97. The van der Waals surface area contributed by atoms with Crippen LogP contribution >= 0.6 is 23.2 Å². The first-order valence-electron chi connectivity index (χ1n) is 5.97. The molecule has 0 radical (unpaired) electrons. The average molecular weight is 280 g/mol. The highest BCUT2D eigenvalue weighted by atomic mass is 35.5. The van der Waals surface area contributed by atoms with Gasteiger partial charge in [0.25, 0.3) is 5.24 Å². The third-order valence-corrected chi connectivity index (χ3v) is 4.07. The number of rotatable bonds is 1. The Bertz CT molecular complexity index is 652. The van der Waals surface area contributed by atoms with Crippen LogP contribution in [0.15, 0.2) is 18.2 Å². The Kier molecular flexibility index (Phi) is 3.00. The van der Waals surface area contributed by atoms with E-state index >= 15 is 0 Å². The molecule has 0 fully saturated rings. The van der Waals surface area contributed by atoms with Crippen LogP contribution in [0, 0.1) is 0 Å². The van der Waals surface area contributed by atoms with Crippen molar-refractivity contribution in [1.29, 1.82) is 0 Å². The first kappa shape index (κ1) is 11.9. The molecule has 2 aromatic rings. The van der Waals surface area contributed by atoms with Crippen LogP contribution in [0.3, 0.4) is 0 Å². The van der Waals surface area contributed by atoms with Gasteiger partial charge in [0.1, 0.15) is 0 Å². The van der Waals surface area contributed by atoms with Crippen molar-refractivity contribution < 1.29 is 4.79 Å². The maximum Gasteiger partial charge on any atom is 0.252 e. The molecule has 0 bridgehead atoms. The molecule has 0 aliphatic heterocycles. The van der Waals surface area contributed by atoms with Gasteiger partial charge in [0.2, 0.25) is 0 Å². The van der Waals surface area contributed by atoms with E-state index in [1.54, 1.807) is 12.1 Å². The molecule has 4 heteroatoms. The van der Waals surface area contributed by atoms with Crippen molar-refractivity contribution in [2.24, 2.45) is 0 Å². The zero-order valence-corrected chi connectivity index (χ0v) is 11.2. The van der Waals surface area contributed by atoms with E-state index in [9.17, 15) is 4.79 Å². The second-order valence-electron chi connectivity index (χ2n) is 4.56. The SMILES string of the molecule is O=C(Cl)c1ccc2c(Cl)c3c(nc2c1)CCCC3. The van der Waals surface area contributed by atoms with E-state index in [2.05, 4.69) is 4.98 Å². The Hall–Kier alpha value is -1.12. The number of carbonyl (C=O) groups is 1. The van der Waals surface area contributed by atoms with Crippen molar-refractivity contribution in [2.75, 3.05) is 0 Å². The molecule has 1 aromatic carbocycles. The van der Waals surface area contributed by atoms with Gasteiger partial charge in [-0.2, -0.15) is 0 Å². The van der Waals surface area contributed by atoms with Crippen molar-refractivity contribution >= 4 is 39.3 Å². The van der Waals surface area contributed by atoms with Gasteiger partial charge in [-0.05, 0) is 55.0 Å². The lowest BCUT2D eigenvalue weighted by Gasteiger charge is -2.17. The standard InChI is InChI=1S/C14H11Cl2NO/c15-13-9-3-1-2-4-11(9)17-12-7-8(14(16)18)5-6-10(12)13/h5-7H,1-4H2. The number of nitrogens with zero attached hydrogens (tertiary/aromatic N) is 1. The summed E-state index contributed by atoms with van der Waals surface area (Å²) in [4.78, 5) is 15.8. The van der Waals surface area contributed by atoms with Gasteiger partial charge >= 0.3 is 0 Å². The van der Waals surface area contributed by atoms with Crippen molar-refractivity contribution in [3.63, 3.8) is 0 Å². The summed E-state index contributed by atoms with van der Waals surface area (Å²) in [5.41, 5.74) is 3.45. The lowest BCUT2D eigenvalue weighted by atomic mass is 9.94. The molecule has 3 rings (SSSR count). The van der Waals surface area contributed by atoms with E-state index < -0.39 is 5.24 Å². The first-order chi connectivity index (χ1) is 8.66. The zero-order valence-electron chi connectivity index (χ0n) is 9.67. The molecule has 92 valence electrons. The Morgan fingerprint density at radius 2 is 2.00 bits per heavy atom. The van der Waals surface area contributed by atoms with Crippen LogP contribution in [0.1, 0.15) is 34.5 Å². The van der Waals surface area contributed by atoms with E-state index in [0.29, 0.717) is 5.56 Å². The van der Waals surface area contributed by atoms with Gasteiger partial charge in [-0.3, -0.25) is 9.78 Å². The molecule has 0 saturated carbocycles. The maximum atomic E-state index is 11.2. The largest absolute Gasteiger partial charge is 0.276 e. The van der Waals surface area contributed by atoms with Crippen molar-refractivity contribution in [3.05, 3.63) is 40.0 Å². The minimum atomic E-state index is -0.465. The summed E-state index contributed by atoms with van der Waals surface area (Å²) < 4.78 is 0. The van der Waals surface area contributed by atoms with Crippen molar-refractivity contribution in [1.82, 2.24) is 4.98 Å². The third-order valence-electron chi connectivity index (χ3n) is 3.42. The molecule has 0 spiro atoms. The molecule has 18 heavy (non-hydrogen) atoms. The highest BCUT2D eigenvalue weighted by molar-refractivity contribution is 6.67. The number of fused-ring (bicyclic) bond motifs is 2.